The maximum Gasteiger partial charge on any atom is 0.0719 e. The molecule has 0 fully saturated rings. The highest BCUT2D eigenvalue weighted by Crippen LogP contribution is 2.44. The number of hydrogen-bond donors (Lipinski definition) is 0. The maximum atomic E-state index is 2.46. The van der Waals surface area contributed by atoms with Crippen molar-refractivity contribution in [1.29, 1.82) is 0 Å². The van der Waals surface area contributed by atoms with E-state index < -0.39 is 0 Å². The van der Waals surface area contributed by atoms with Crippen LogP contribution in [-0.2, 0) is 0 Å². The maximum absolute atomic E-state index is 2.46. The van der Waals surface area contributed by atoms with E-state index in [-0.39, 0.29) is 0 Å². The third-order valence-corrected chi connectivity index (χ3v) is 14.5. The average Bonchev–Trinajstić information content (AvgIpc) is 4.03. The molecule has 4 aromatic heterocycles. The van der Waals surface area contributed by atoms with Crippen molar-refractivity contribution < 1.29 is 0 Å². The molecule has 0 spiro atoms. The fourth-order valence-electron chi connectivity index (χ4n) is 9.43. The van der Waals surface area contributed by atoms with Gasteiger partial charge in [0.25, 0.3) is 0 Å². The Morgan fingerprint density at radius 1 is 0.276 bits per heavy atom. The van der Waals surface area contributed by atoms with Crippen molar-refractivity contribution in [3.05, 3.63) is 194 Å². The standard InChI is InChI=1S/C54H32N2S2/c1-6-14-48-39(9-1)43-29-30-44-41-11-3-8-16-51(41)58-54(44)53(43)56(48)38-27-23-36(24-28-38)34-19-17-33(18-20-34)35-21-25-37(26-22-35)55-47-13-5-2-10-40(47)45-32-52-46(31-49(45)55)42-12-4-7-15-50(42)57-52/h1-32H. The van der Waals surface area contributed by atoms with Gasteiger partial charge < -0.3 is 9.13 Å². The highest BCUT2D eigenvalue weighted by molar-refractivity contribution is 7.26. The predicted octanol–water partition coefficient (Wildman–Crippen LogP) is 16.0. The number of para-hydroxylation sites is 2. The van der Waals surface area contributed by atoms with Gasteiger partial charge in [-0.05, 0) is 82.9 Å². The Morgan fingerprint density at radius 2 is 0.741 bits per heavy atom. The van der Waals surface area contributed by atoms with E-state index in [1.54, 1.807) is 0 Å². The van der Waals surface area contributed by atoms with Gasteiger partial charge >= 0.3 is 0 Å². The van der Waals surface area contributed by atoms with Gasteiger partial charge in [0.2, 0.25) is 0 Å². The first-order valence-corrected chi connectivity index (χ1v) is 21.4. The topological polar surface area (TPSA) is 9.86 Å². The summed E-state index contributed by atoms with van der Waals surface area (Å²) in [5.74, 6) is 0. The predicted molar refractivity (Wildman–Crippen MR) is 252 cm³/mol. The third kappa shape index (κ3) is 4.64. The molecule has 0 bridgehead atoms. The second-order valence-corrected chi connectivity index (χ2v) is 17.4. The van der Waals surface area contributed by atoms with Crippen LogP contribution in [0.15, 0.2) is 194 Å². The number of nitrogens with zero attached hydrogens (tertiary/aromatic N) is 2. The van der Waals surface area contributed by atoms with E-state index in [9.17, 15) is 0 Å². The fraction of sp³-hybridized carbons (Fsp3) is 0. The van der Waals surface area contributed by atoms with Gasteiger partial charge in [0.1, 0.15) is 0 Å². The molecule has 0 unspecified atom stereocenters. The first-order chi connectivity index (χ1) is 28.7. The van der Waals surface area contributed by atoms with E-state index in [1.165, 1.54) is 118 Å². The van der Waals surface area contributed by atoms with Crippen LogP contribution in [0.5, 0.6) is 0 Å². The number of thiophene rings is 2. The zero-order valence-electron chi connectivity index (χ0n) is 31.2. The minimum Gasteiger partial charge on any atom is -0.309 e. The Labute approximate surface area is 341 Å². The molecule has 0 N–H and O–H groups in total. The van der Waals surface area contributed by atoms with E-state index >= 15 is 0 Å². The zero-order valence-corrected chi connectivity index (χ0v) is 32.8. The molecular formula is C54H32N2S2. The second kappa shape index (κ2) is 12.3. The summed E-state index contributed by atoms with van der Waals surface area (Å²) in [4.78, 5) is 0. The lowest BCUT2D eigenvalue weighted by Crippen LogP contribution is -1.94. The van der Waals surface area contributed by atoms with Gasteiger partial charge in [0, 0.05) is 68.6 Å². The van der Waals surface area contributed by atoms with Gasteiger partial charge in [-0.1, -0.05) is 133 Å². The molecule has 2 nitrogen and oxygen atoms in total. The van der Waals surface area contributed by atoms with Crippen LogP contribution in [0.1, 0.15) is 0 Å². The first kappa shape index (κ1) is 32.1. The van der Waals surface area contributed by atoms with Crippen LogP contribution in [0.4, 0.5) is 0 Å². The van der Waals surface area contributed by atoms with Crippen molar-refractivity contribution in [3.63, 3.8) is 0 Å². The second-order valence-electron chi connectivity index (χ2n) is 15.3. The number of benzene rings is 9. The molecule has 0 aliphatic rings. The molecule has 0 amide bonds. The normalized spacial score (nSPS) is 12.1. The smallest absolute Gasteiger partial charge is 0.0719 e. The third-order valence-electron chi connectivity index (χ3n) is 12.2. The molecule has 0 aliphatic heterocycles. The van der Waals surface area contributed by atoms with Crippen molar-refractivity contribution in [1.82, 2.24) is 9.13 Å². The van der Waals surface area contributed by atoms with Gasteiger partial charge in [0.15, 0.2) is 0 Å². The van der Waals surface area contributed by atoms with E-state index in [0.717, 1.165) is 0 Å². The molecule has 0 aliphatic carbocycles. The summed E-state index contributed by atoms with van der Waals surface area (Å²) < 4.78 is 10.2. The number of fused-ring (bicyclic) bond motifs is 13. The molecule has 0 atom stereocenters. The summed E-state index contributed by atoms with van der Waals surface area (Å²) in [6.45, 7) is 0. The first-order valence-electron chi connectivity index (χ1n) is 19.7. The highest BCUT2D eigenvalue weighted by Gasteiger charge is 2.19. The van der Waals surface area contributed by atoms with Crippen molar-refractivity contribution >= 4 is 107 Å². The Balaban J connectivity index is 0.847. The van der Waals surface area contributed by atoms with Crippen LogP contribution in [0.2, 0.25) is 0 Å². The lowest BCUT2D eigenvalue weighted by molar-refractivity contribution is 1.18. The van der Waals surface area contributed by atoms with Crippen molar-refractivity contribution in [3.8, 4) is 33.6 Å². The minimum atomic E-state index is 1.17. The summed E-state index contributed by atoms with van der Waals surface area (Å²) >= 11 is 3.77. The van der Waals surface area contributed by atoms with Gasteiger partial charge in [0.05, 0.1) is 26.8 Å². The van der Waals surface area contributed by atoms with Gasteiger partial charge in [-0.3, -0.25) is 0 Å². The Kier molecular flexibility index (Phi) is 6.79. The van der Waals surface area contributed by atoms with Crippen LogP contribution in [0.25, 0.3) is 118 Å². The zero-order chi connectivity index (χ0) is 37.9. The molecule has 0 saturated heterocycles. The number of rotatable bonds is 4. The quantitative estimate of drug-likeness (QED) is 0.169. The van der Waals surface area contributed by atoms with Gasteiger partial charge in [-0.2, -0.15) is 0 Å². The Bertz CT molecular complexity index is 3760. The SMILES string of the molecule is c1ccc2c(c1)sc1cc3c4ccccc4n(-c4ccc(-c5ccc(-c6ccc(-n7c8ccccc8c8ccc9c%10ccccc%10sc9c87)cc6)cc5)cc4)c3cc12. The van der Waals surface area contributed by atoms with E-state index in [1.807, 2.05) is 22.7 Å². The largest absolute Gasteiger partial charge is 0.309 e. The summed E-state index contributed by atoms with van der Waals surface area (Å²) in [5.41, 5.74) is 12.2. The fourth-order valence-corrected chi connectivity index (χ4v) is 11.8. The van der Waals surface area contributed by atoms with Crippen LogP contribution < -0.4 is 0 Å². The summed E-state index contributed by atoms with van der Waals surface area (Å²) in [7, 11) is 0. The summed E-state index contributed by atoms with van der Waals surface area (Å²) in [6, 6.07) is 71.7. The average molecular weight is 773 g/mol. The molecule has 4 heterocycles. The monoisotopic (exact) mass is 772 g/mol. The van der Waals surface area contributed by atoms with Crippen LogP contribution >= 0.6 is 22.7 Å². The molecular weight excluding hydrogens is 741 g/mol. The molecule has 4 heteroatoms. The molecule has 9 aromatic carbocycles. The van der Waals surface area contributed by atoms with E-state index in [4.69, 9.17) is 0 Å². The number of aromatic nitrogens is 2. The molecule has 13 rings (SSSR count). The molecule has 0 saturated carbocycles. The van der Waals surface area contributed by atoms with Gasteiger partial charge in [-0.15, -0.1) is 22.7 Å². The summed E-state index contributed by atoms with van der Waals surface area (Å²) in [5, 5.41) is 10.5. The van der Waals surface area contributed by atoms with Crippen LogP contribution in [-0.4, -0.2) is 9.13 Å². The van der Waals surface area contributed by atoms with Crippen LogP contribution in [0.3, 0.4) is 0 Å². The molecule has 58 heavy (non-hydrogen) atoms. The lowest BCUT2D eigenvalue weighted by atomic mass is 10.00. The molecule has 13 aromatic rings. The number of hydrogen-bond acceptors (Lipinski definition) is 2. The Hall–Kier alpha value is -6.98. The van der Waals surface area contributed by atoms with Crippen molar-refractivity contribution in [2.24, 2.45) is 0 Å². The molecule has 0 radical (unpaired) electrons. The molecule has 270 valence electrons. The van der Waals surface area contributed by atoms with Crippen LogP contribution in [0, 0.1) is 0 Å². The van der Waals surface area contributed by atoms with Crippen molar-refractivity contribution in [2.45, 2.75) is 0 Å². The van der Waals surface area contributed by atoms with Gasteiger partial charge in [-0.25, -0.2) is 0 Å². The Morgan fingerprint density at radius 3 is 1.38 bits per heavy atom. The minimum absolute atomic E-state index is 1.17. The summed E-state index contributed by atoms with van der Waals surface area (Å²) in [6.07, 6.45) is 0. The van der Waals surface area contributed by atoms with E-state index in [0.29, 0.717) is 0 Å². The van der Waals surface area contributed by atoms with Crippen molar-refractivity contribution in [2.75, 3.05) is 0 Å². The lowest BCUT2D eigenvalue weighted by Gasteiger charge is -2.11. The van der Waals surface area contributed by atoms with E-state index in [2.05, 4.69) is 203 Å². The highest BCUT2D eigenvalue weighted by atomic mass is 32.1.